The van der Waals surface area contributed by atoms with Crippen LogP contribution < -0.4 is 9.47 Å². The molecule has 0 aliphatic carbocycles. The number of hydrogen-bond acceptors (Lipinski definition) is 4. The highest BCUT2D eigenvalue weighted by Crippen LogP contribution is 2.38. The van der Waals surface area contributed by atoms with Gasteiger partial charge < -0.3 is 14.2 Å². The van der Waals surface area contributed by atoms with Gasteiger partial charge in [-0.1, -0.05) is 0 Å². The van der Waals surface area contributed by atoms with Crippen molar-refractivity contribution in [2.75, 3.05) is 21.3 Å². The first kappa shape index (κ1) is 12.8. The number of halogens is 1. The molecule has 0 N–H and O–H groups in total. The largest absolute Gasteiger partial charge is 0.496 e. The van der Waals surface area contributed by atoms with Crippen LogP contribution in [0.2, 0.25) is 0 Å². The van der Waals surface area contributed by atoms with Crippen molar-refractivity contribution in [3.05, 3.63) is 21.7 Å². The van der Waals surface area contributed by atoms with Crippen LogP contribution in [0.5, 0.6) is 11.5 Å². The molecule has 5 heteroatoms. The zero-order valence-corrected chi connectivity index (χ0v) is 11.2. The topological polar surface area (TPSA) is 44.8 Å². The van der Waals surface area contributed by atoms with E-state index in [-0.39, 0.29) is 5.56 Å². The molecule has 0 heterocycles. The van der Waals surface area contributed by atoms with Crippen molar-refractivity contribution in [2.45, 2.75) is 6.92 Å². The van der Waals surface area contributed by atoms with Gasteiger partial charge in [-0.15, -0.1) is 0 Å². The van der Waals surface area contributed by atoms with Gasteiger partial charge in [0.25, 0.3) is 0 Å². The highest BCUT2D eigenvalue weighted by molar-refractivity contribution is 9.10. The van der Waals surface area contributed by atoms with Crippen molar-refractivity contribution in [1.82, 2.24) is 0 Å². The molecule has 0 saturated carbocycles. The highest BCUT2D eigenvalue weighted by atomic mass is 79.9. The van der Waals surface area contributed by atoms with Crippen molar-refractivity contribution in [3.8, 4) is 11.5 Å². The monoisotopic (exact) mass is 288 g/mol. The molecule has 16 heavy (non-hydrogen) atoms. The van der Waals surface area contributed by atoms with E-state index in [4.69, 9.17) is 14.2 Å². The van der Waals surface area contributed by atoms with Crippen molar-refractivity contribution >= 4 is 21.9 Å². The fourth-order valence-corrected chi connectivity index (χ4v) is 1.86. The van der Waals surface area contributed by atoms with E-state index in [0.29, 0.717) is 11.5 Å². The van der Waals surface area contributed by atoms with Gasteiger partial charge in [0.15, 0.2) is 5.75 Å². The molecular weight excluding hydrogens is 276 g/mol. The predicted octanol–water partition coefficient (Wildman–Crippen LogP) is 2.56. The third-order valence-electron chi connectivity index (χ3n) is 2.18. The fourth-order valence-electron chi connectivity index (χ4n) is 1.38. The summed E-state index contributed by atoms with van der Waals surface area (Å²) in [5.41, 5.74) is 1.20. The van der Waals surface area contributed by atoms with E-state index < -0.39 is 5.97 Å². The summed E-state index contributed by atoms with van der Waals surface area (Å²) in [7, 11) is 4.30. The van der Waals surface area contributed by atoms with Crippen molar-refractivity contribution < 1.29 is 19.0 Å². The van der Waals surface area contributed by atoms with Gasteiger partial charge >= 0.3 is 5.97 Å². The van der Waals surface area contributed by atoms with Gasteiger partial charge in [0.2, 0.25) is 0 Å². The Bertz CT molecular complexity index is 415. The molecule has 0 amide bonds. The molecule has 1 aromatic carbocycles. The van der Waals surface area contributed by atoms with Gasteiger partial charge in [0.1, 0.15) is 11.3 Å². The minimum Gasteiger partial charge on any atom is -0.496 e. The summed E-state index contributed by atoms with van der Waals surface area (Å²) in [5, 5.41) is 0. The average molecular weight is 289 g/mol. The van der Waals surface area contributed by atoms with Crippen LogP contribution in [0.15, 0.2) is 10.5 Å². The van der Waals surface area contributed by atoms with E-state index in [1.54, 1.807) is 6.07 Å². The number of aryl methyl sites for hydroxylation is 1. The molecule has 0 radical (unpaired) electrons. The maximum absolute atomic E-state index is 11.6. The van der Waals surface area contributed by atoms with Gasteiger partial charge in [-0.25, -0.2) is 4.79 Å². The number of carbonyl (C=O) groups is 1. The van der Waals surface area contributed by atoms with Gasteiger partial charge in [-0.05, 0) is 34.5 Å². The number of carbonyl (C=O) groups excluding carboxylic acids is 1. The maximum atomic E-state index is 11.6. The Labute approximate surface area is 103 Å². The van der Waals surface area contributed by atoms with Crippen LogP contribution in [-0.4, -0.2) is 27.3 Å². The number of rotatable bonds is 3. The Hall–Kier alpha value is -1.23. The molecule has 0 aliphatic rings. The first-order valence-electron chi connectivity index (χ1n) is 4.56. The van der Waals surface area contributed by atoms with Gasteiger partial charge in [0, 0.05) is 0 Å². The zero-order chi connectivity index (χ0) is 12.3. The van der Waals surface area contributed by atoms with E-state index in [1.807, 2.05) is 6.92 Å². The third kappa shape index (κ3) is 2.14. The molecule has 1 rings (SSSR count). The lowest BCUT2D eigenvalue weighted by Crippen LogP contribution is -2.08. The molecule has 0 atom stereocenters. The van der Waals surface area contributed by atoms with Crippen LogP contribution in [-0.2, 0) is 4.74 Å². The molecule has 4 nitrogen and oxygen atoms in total. The quantitative estimate of drug-likeness (QED) is 0.802. The minimum atomic E-state index is -0.491. The second-order valence-electron chi connectivity index (χ2n) is 3.11. The Balaban J connectivity index is 3.53. The lowest BCUT2D eigenvalue weighted by Gasteiger charge is -2.14. The zero-order valence-electron chi connectivity index (χ0n) is 9.59. The van der Waals surface area contributed by atoms with Crippen LogP contribution in [0, 0.1) is 6.92 Å². The highest BCUT2D eigenvalue weighted by Gasteiger charge is 2.23. The molecule has 0 aliphatic heterocycles. The van der Waals surface area contributed by atoms with E-state index >= 15 is 0 Å². The molecule has 0 unspecified atom stereocenters. The Morgan fingerprint density at radius 2 is 1.88 bits per heavy atom. The molecule has 0 saturated heterocycles. The molecule has 0 spiro atoms. The van der Waals surface area contributed by atoms with Gasteiger partial charge in [0.05, 0.1) is 25.8 Å². The average Bonchev–Trinajstić information content (AvgIpc) is 2.30. The minimum absolute atomic E-state index is 0.282. The second-order valence-corrected chi connectivity index (χ2v) is 3.90. The standard InChI is InChI=1S/C11H13BrO4/c1-6-5-7(14-2)8(11(13)16-4)10(15-3)9(6)12/h5H,1-4H3. The summed E-state index contributed by atoms with van der Waals surface area (Å²) >= 11 is 3.36. The smallest absolute Gasteiger partial charge is 0.345 e. The number of ether oxygens (including phenoxy) is 3. The molecular formula is C11H13BrO4. The molecule has 0 aromatic heterocycles. The van der Waals surface area contributed by atoms with Crippen LogP contribution in [0.4, 0.5) is 0 Å². The van der Waals surface area contributed by atoms with E-state index in [2.05, 4.69) is 15.9 Å². The molecule has 0 bridgehead atoms. The summed E-state index contributed by atoms with van der Waals surface area (Å²) in [6, 6.07) is 1.75. The first-order chi connectivity index (χ1) is 7.56. The van der Waals surface area contributed by atoms with Crippen LogP contribution in [0.3, 0.4) is 0 Å². The molecule has 88 valence electrons. The summed E-state index contributed by atoms with van der Waals surface area (Å²) in [5.74, 6) is 0.363. The Morgan fingerprint density at radius 1 is 1.25 bits per heavy atom. The molecule has 1 aromatic rings. The number of benzene rings is 1. The van der Waals surface area contributed by atoms with Crippen molar-refractivity contribution in [3.63, 3.8) is 0 Å². The van der Waals surface area contributed by atoms with E-state index in [1.165, 1.54) is 21.3 Å². The Kier molecular flexibility index (Phi) is 4.18. The Morgan fingerprint density at radius 3 is 2.31 bits per heavy atom. The normalized spacial score (nSPS) is 9.81. The summed E-state index contributed by atoms with van der Waals surface area (Å²) in [6.07, 6.45) is 0. The van der Waals surface area contributed by atoms with E-state index in [9.17, 15) is 4.79 Å². The number of methoxy groups -OCH3 is 3. The predicted molar refractivity (Wildman–Crippen MR) is 63.3 cm³/mol. The summed E-state index contributed by atoms with van der Waals surface area (Å²) in [4.78, 5) is 11.6. The lowest BCUT2D eigenvalue weighted by atomic mass is 10.1. The first-order valence-corrected chi connectivity index (χ1v) is 5.35. The van der Waals surface area contributed by atoms with Crippen molar-refractivity contribution in [2.24, 2.45) is 0 Å². The third-order valence-corrected chi connectivity index (χ3v) is 3.17. The van der Waals surface area contributed by atoms with Crippen LogP contribution >= 0.6 is 15.9 Å². The van der Waals surface area contributed by atoms with Gasteiger partial charge in [-0.2, -0.15) is 0 Å². The van der Waals surface area contributed by atoms with E-state index in [0.717, 1.165) is 10.0 Å². The van der Waals surface area contributed by atoms with Crippen LogP contribution in [0.25, 0.3) is 0 Å². The number of hydrogen-bond donors (Lipinski definition) is 0. The number of esters is 1. The van der Waals surface area contributed by atoms with Crippen LogP contribution in [0.1, 0.15) is 15.9 Å². The molecule has 0 fully saturated rings. The fraction of sp³-hybridized carbons (Fsp3) is 0.364. The second kappa shape index (κ2) is 5.21. The van der Waals surface area contributed by atoms with Crippen molar-refractivity contribution in [1.29, 1.82) is 0 Å². The maximum Gasteiger partial charge on any atom is 0.345 e. The lowest BCUT2D eigenvalue weighted by molar-refractivity contribution is 0.0593. The summed E-state index contributed by atoms with van der Waals surface area (Å²) < 4.78 is 15.8. The SMILES string of the molecule is COC(=O)c1c(OC)cc(C)c(Br)c1OC. The van der Waals surface area contributed by atoms with Gasteiger partial charge in [-0.3, -0.25) is 0 Å². The summed E-state index contributed by atoms with van der Waals surface area (Å²) in [6.45, 7) is 1.89.